The summed E-state index contributed by atoms with van der Waals surface area (Å²) in [6.07, 6.45) is 2.84. The molecule has 1 aliphatic carbocycles. The molecule has 4 heterocycles. The molecule has 0 fully saturated rings. The molecule has 3 unspecified atom stereocenters. The molecule has 0 spiro atoms. The standard InChI is InChI=1S/C28H30F2N4O3.C2H6/c1-15-14-37-23-9-6-16-4-2-3-5-18-12-24(35)34(27(31)32-18)22-13-28(29,30)21-8-7-17(11-19(21)22)26(36)33-25(15)20(23)10-16;1-2/h6-11,15,18,22,25H,2-5,12-14H2,1H3,(H2,31,32)(H,33,36);1-2H3/t15?,18?,22-,25?;/m1./s1. The zero-order valence-electron chi connectivity index (χ0n) is 22.7. The minimum absolute atomic E-state index is 0.0258. The van der Waals surface area contributed by atoms with Crippen molar-refractivity contribution in [2.45, 2.75) is 83.3 Å². The van der Waals surface area contributed by atoms with Gasteiger partial charge in [-0.1, -0.05) is 45.4 Å². The second-order valence-corrected chi connectivity index (χ2v) is 10.7. The number of aryl methyl sites for hydroxylation is 1. The number of carbonyl (C=O) groups is 2. The topological polar surface area (TPSA) is 97.0 Å². The van der Waals surface area contributed by atoms with Gasteiger partial charge in [0.15, 0.2) is 5.96 Å². The predicted octanol–water partition coefficient (Wildman–Crippen LogP) is 5.39. The molecular weight excluding hydrogens is 502 g/mol. The molecular formula is C30H36F2N4O3. The summed E-state index contributed by atoms with van der Waals surface area (Å²) in [6.45, 7) is 6.48. The minimum Gasteiger partial charge on any atom is -0.493 e. The van der Waals surface area contributed by atoms with E-state index in [1.165, 1.54) is 23.1 Å². The van der Waals surface area contributed by atoms with Gasteiger partial charge in [-0.15, -0.1) is 0 Å². The van der Waals surface area contributed by atoms with Crippen molar-refractivity contribution in [3.8, 4) is 5.75 Å². The second kappa shape index (κ2) is 10.6. The number of alkyl halides is 2. The minimum atomic E-state index is -3.14. The van der Waals surface area contributed by atoms with Crippen molar-refractivity contribution in [1.82, 2.24) is 10.2 Å². The van der Waals surface area contributed by atoms with Crippen LogP contribution in [0.3, 0.4) is 0 Å². The molecule has 7 nitrogen and oxygen atoms in total. The van der Waals surface area contributed by atoms with Crippen LogP contribution >= 0.6 is 0 Å². The summed E-state index contributed by atoms with van der Waals surface area (Å²) in [4.78, 5) is 32.3. The average molecular weight is 539 g/mol. The smallest absolute Gasteiger partial charge is 0.275 e. The van der Waals surface area contributed by atoms with Gasteiger partial charge in [-0.05, 0) is 48.6 Å². The average Bonchev–Trinajstić information content (AvgIpc) is 3.18. The molecule has 0 radical (unpaired) electrons. The molecule has 2 amide bonds. The van der Waals surface area contributed by atoms with Crippen LogP contribution in [0.15, 0.2) is 41.4 Å². The third-order valence-electron chi connectivity index (χ3n) is 8.09. The normalized spacial score (nSPS) is 27.3. The number of rotatable bonds is 0. The number of benzene rings is 2. The Labute approximate surface area is 227 Å². The first-order valence-corrected chi connectivity index (χ1v) is 14.0. The summed E-state index contributed by atoms with van der Waals surface area (Å²) in [6, 6.07) is 8.79. The summed E-state index contributed by atoms with van der Waals surface area (Å²) < 4.78 is 36.0. The molecule has 5 aliphatic rings. The molecule has 3 N–H and O–H groups in total. The quantitative estimate of drug-likeness (QED) is 0.470. The van der Waals surface area contributed by atoms with Crippen molar-refractivity contribution in [3.63, 3.8) is 0 Å². The van der Waals surface area contributed by atoms with Gasteiger partial charge in [-0.25, -0.2) is 13.8 Å². The molecule has 0 saturated heterocycles. The number of fused-ring (bicyclic) bond motifs is 5. The van der Waals surface area contributed by atoms with Crippen LogP contribution in [-0.2, 0) is 17.1 Å². The van der Waals surface area contributed by atoms with E-state index in [2.05, 4.69) is 16.4 Å². The molecule has 4 aliphatic heterocycles. The molecule has 7 rings (SSSR count). The number of nitrogens with one attached hydrogen (secondary N) is 1. The van der Waals surface area contributed by atoms with Crippen LogP contribution in [0.25, 0.3) is 0 Å². The number of hydrogen-bond acceptors (Lipinski definition) is 5. The SMILES string of the molecule is CC.CC1COc2ccc3cc2C1NC(=O)c1ccc2c(c1)[C@@H](CC2(F)F)N1C(=O)CC(CCCC3)N=C1N. The van der Waals surface area contributed by atoms with Crippen molar-refractivity contribution in [2.24, 2.45) is 16.6 Å². The maximum Gasteiger partial charge on any atom is 0.275 e. The van der Waals surface area contributed by atoms with Crippen LogP contribution in [0.4, 0.5) is 8.78 Å². The highest BCUT2D eigenvalue weighted by Crippen LogP contribution is 2.50. The van der Waals surface area contributed by atoms with Gasteiger partial charge >= 0.3 is 0 Å². The van der Waals surface area contributed by atoms with Crippen LogP contribution in [0.5, 0.6) is 5.75 Å². The van der Waals surface area contributed by atoms with Crippen molar-refractivity contribution in [3.05, 3.63) is 64.2 Å². The van der Waals surface area contributed by atoms with Gasteiger partial charge in [0.05, 0.1) is 24.7 Å². The van der Waals surface area contributed by atoms with Crippen LogP contribution in [-0.4, -0.2) is 35.3 Å². The maximum absolute atomic E-state index is 15.0. The lowest BCUT2D eigenvalue weighted by atomic mass is 9.89. The Kier molecular flexibility index (Phi) is 7.35. The lowest BCUT2D eigenvalue weighted by molar-refractivity contribution is -0.131. The number of aliphatic imine (C=N–C) groups is 1. The molecule has 6 bridgehead atoms. The molecule has 4 atom stereocenters. The number of carbonyl (C=O) groups excluding carboxylic acids is 2. The fourth-order valence-corrected chi connectivity index (χ4v) is 6.13. The van der Waals surface area contributed by atoms with Gasteiger partial charge in [0.2, 0.25) is 5.91 Å². The van der Waals surface area contributed by atoms with E-state index in [4.69, 9.17) is 10.5 Å². The maximum atomic E-state index is 15.0. The lowest BCUT2D eigenvalue weighted by Gasteiger charge is -2.34. The van der Waals surface area contributed by atoms with Gasteiger partial charge in [-0.2, -0.15) is 0 Å². The first-order chi connectivity index (χ1) is 18.7. The number of ether oxygens (including phenoxy) is 1. The predicted molar refractivity (Wildman–Crippen MR) is 145 cm³/mol. The Morgan fingerprint density at radius 3 is 2.67 bits per heavy atom. The molecule has 0 aromatic heterocycles. The fraction of sp³-hybridized carbons (Fsp3) is 0.500. The van der Waals surface area contributed by atoms with Gasteiger partial charge in [0, 0.05) is 35.4 Å². The van der Waals surface area contributed by atoms with Crippen LogP contribution in [0, 0.1) is 5.92 Å². The van der Waals surface area contributed by atoms with E-state index in [1.54, 1.807) is 0 Å². The largest absolute Gasteiger partial charge is 0.493 e. The van der Waals surface area contributed by atoms with E-state index in [1.807, 2.05) is 32.9 Å². The van der Waals surface area contributed by atoms with E-state index >= 15 is 8.78 Å². The number of halogens is 2. The van der Waals surface area contributed by atoms with Crippen molar-refractivity contribution < 1.29 is 23.1 Å². The summed E-state index contributed by atoms with van der Waals surface area (Å²) in [7, 11) is 0. The van der Waals surface area contributed by atoms with Gasteiger partial charge in [0.1, 0.15) is 5.75 Å². The van der Waals surface area contributed by atoms with E-state index in [-0.39, 0.29) is 58.9 Å². The third kappa shape index (κ3) is 4.99. The Morgan fingerprint density at radius 2 is 1.90 bits per heavy atom. The highest BCUT2D eigenvalue weighted by Gasteiger charge is 2.50. The molecule has 0 saturated carbocycles. The number of nitrogens with two attached hydrogens (primary N) is 1. The van der Waals surface area contributed by atoms with Crippen molar-refractivity contribution >= 4 is 17.8 Å². The first-order valence-electron chi connectivity index (χ1n) is 14.0. The Morgan fingerprint density at radius 1 is 1.10 bits per heavy atom. The van der Waals surface area contributed by atoms with Gasteiger partial charge in [-0.3, -0.25) is 14.5 Å². The highest BCUT2D eigenvalue weighted by atomic mass is 19.3. The number of hydrogen-bond donors (Lipinski definition) is 2. The molecule has 2 aromatic carbocycles. The van der Waals surface area contributed by atoms with Gasteiger partial charge in [0.25, 0.3) is 11.8 Å². The van der Waals surface area contributed by atoms with Gasteiger partial charge < -0.3 is 15.8 Å². The van der Waals surface area contributed by atoms with Crippen molar-refractivity contribution in [2.75, 3.05) is 6.61 Å². The molecule has 2 aromatic rings. The highest BCUT2D eigenvalue weighted by molar-refractivity contribution is 5.99. The number of guanidine groups is 1. The Bertz CT molecular complexity index is 1310. The Balaban J connectivity index is 0.00000151. The number of nitrogens with zero attached hydrogens (tertiary/aromatic N) is 2. The molecule has 39 heavy (non-hydrogen) atoms. The summed E-state index contributed by atoms with van der Waals surface area (Å²) in [5.74, 6) is -3.06. The van der Waals surface area contributed by atoms with E-state index < -0.39 is 18.4 Å². The Hall–Kier alpha value is -3.49. The monoisotopic (exact) mass is 538 g/mol. The van der Waals surface area contributed by atoms with Crippen molar-refractivity contribution in [1.29, 1.82) is 0 Å². The van der Waals surface area contributed by atoms with Crippen LogP contribution < -0.4 is 15.8 Å². The lowest BCUT2D eigenvalue weighted by Crippen LogP contribution is -2.48. The van der Waals surface area contributed by atoms with E-state index in [0.717, 1.165) is 36.1 Å². The second-order valence-electron chi connectivity index (χ2n) is 10.7. The summed E-state index contributed by atoms with van der Waals surface area (Å²) >= 11 is 0. The molecule has 9 heteroatoms. The fourth-order valence-electron chi connectivity index (χ4n) is 6.13. The van der Waals surface area contributed by atoms with E-state index in [0.29, 0.717) is 13.0 Å². The van der Waals surface area contributed by atoms with E-state index in [9.17, 15) is 9.59 Å². The van der Waals surface area contributed by atoms with Crippen LogP contribution in [0.2, 0.25) is 0 Å². The zero-order valence-corrected chi connectivity index (χ0v) is 22.7. The summed E-state index contributed by atoms with van der Waals surface area (Å²) in [5, 5.41) is 3.12. The first kappa shape index (κ1) is 27.1. The van der Waals surface area contributed by atoms with Crippen LogP contribution in [0.1, 0.15) is 97.6 Å². The summed E-state index contributed by atoms with van der Waals surface area (Å²) in [5.41, 5.74) is 8.61. The molecule has 208 valence electrons. The third-order valence-corrected chi connectivity index (χ3v) is 8.09. The number of amides is 2. The zero-order chi connectivity index (χ0) is 27.9.